The van der Waals surface area contributed by atoms with Crippen LogP contribution in [0.25, 0.3) is 0 Å². The number of benzene rings is 2. The summed E-state index contributed by atoms with van der Waals surface area (Å²) in [4.78, 5) is 43.3. The van der Waals surface area contributed by atoms with Gasteiger partial charge in [-0.15, -0.1) is 0 Å². The molecule has 9 nitrogen and oxygen atoms in total. The van der Waals surface area contributed by atoms with Crippen LogP contribution >= 0.6 is 0 Å². The highest BCUT2D eigenvalue weighted by atomic mass is 28.4. The molecule has 2 aromatic rings. The van der Waals surface area contributed by atoms with Gasteiger partial charge in [-0.2, -0.15) is 0 Å². The van der Waals surface area contributed by atoms with Crippen molar-refractivity contribution in [2.24, 2.45) is 5.92 Å². The maximum atomic E-state index is 16.0. The van der Waals surface area contributed by atoms with Crippen molar-refractivity contribution in [3.05, 3.63) is 53.6 Å². The number of fused-ring (bicyclic) bond motifs is 2. The number of likely N-dealkylation sites (tertiary alicyclic amines) is 1. The third-order valence-corrected chi connectivity index (χ3v) is 11.3. The summed E-state index contributed by atoms with van der Waals surface area (Å²) in [6, 6.07) is 11.5. The highest BCUT2D eigenvalue weighted by Gasteiger charge is 2.66. The van der Waals surface area contributed by atoms with Crippen LogP contribution in [0, 0.1) is 5.92 Å². The number of nitrogens with two attached hydrogens (primary N) is 1. The molecular formula is C29H37FN4O5Si. The fourth-order valence-corrected chi connectivity index (χ4v) is 9.41. The summed E-state index contributed by atoms with van der Waals surface area (Å²) in [5.41, 5.74) is 6.23. The normalized spacial score (nSPS) is 27.9. The van der Waals surface area contributed by atoms with Gasteiger partial charge in [-0.05, 0) is 68.4 Å². The third-order valence-electron chi connectivity index (χ3n) is 8.81. The Kier molecular flexibility index (Phi) is 7.26. The van der Waals surface area contributed by atoms with E-state index in [9.17, 15) is 19.5 Å². The minimum Gasteiger partial charge on any atom is -0.399 e. The van der Waals surface area contributed by atoms with Crippen LogP contribution in [0.3, 0.4) is 0 Å². The maximum absolute atomic E-state index is 16.0. The Morgan fingerprint density at radius 1 is 1.23 bits per heavy atom. The number of nitrogens with one attached hydrogen (secondary N) is 1. The van der Waals surface area contributed by atoms with Crippen molar-refractivity contribution in [3.63, 3.8) is 0 Å². The van der Waals surface area contributed by atoms with Crippen molar-refractivity contribution in [1.29, 1.82) is 0 Å². The fraction of sp³-hybridized carbons (Fsp3) is 0.483. The van der Waals surface area contributed by atoms with Gasteiger partial charge in [-0.1, -0.05) is 6.92 Å². The number of amides is 3. The molecule has 4 N–H and O–H groups in total. The molecule has 2 fully saturated rings. The molecule has 3 heterocycles. The molecule has 1 spiro atoms. The number of nitrogens with zero attached hydrogens (tertiary/aromatic N) is 2. The molecule has 11 heteroatoms. The molecule has 0 aliphatic carbocycles. The lowest BCUT2D eigenvalue weighted by Gasteiger charge is -2.31. The number of rotatable bonds is 6. The van der Waals surface area contributed by atoms with Crippen LogP contribution in [-0.2, 0) is 19.9 Å². The van der Waals surface area contributed by atoms with E-state index in [1.54, 1.807) is 67.5 Å². The van der Waals surface area contributed by atoms with Gasteiger partial charge >= 0.3 is 0 Å². The second-order valence-corrected chi connectivity index (χ2v) is 15.5. The number of aliphatic hydroxyl groups excluding tert-OH is 1. The van der Waals surface area contributed by atoms with Crippen LogP contribution in [-0.4, -0.2) is 68.5 Å². The van der Waals surface area contributed by atoms with Gasteiger partial charge in [0.05, 0.1) is 30.9 Å². The fourth-order valence-electron chi connectivity index (χ4n) is 6.91. The first-order chi connectivity index (χ1) is 18.9. The van der Waals surface area contributed by atoms with Gasteiger partial charge in [0.15, 0.2) is 5.60 Å². The number of carbonyl (C=O) groups is 3. The summed E-state index contributed by atoms with van der Waals surface area (Å²) in [6.07, 6.45) is 0.665. The summed E-state index contributed by atoms with van der Waals surface area (Å²) >= 11 is 0. The number of hydrogen-bond acceptors (Lipinski definition) is 6. The molecule has 5 rings (SSSR count). The van der Waals surface area contributed by atoms with E-state index in [-0.39, 0.29) is 36.8 Å². The van der Waals surface area contributed by atoms with Crippen molar-refractivity contribution < 1.29 is 28.3 Å². The first-order valence-electron chi connectivity index (χ1n) is 13.7. The summed E-state index contributed by atoms with van der Waals surface area (Å²) < 4.78 is 22.6. The molecule has 2 saturated heterocycles. The molecule has 214 valence electrons. The van der Waals surface area contributed by atoms with E-state index in [2.05, 4.69) is 5.32 Å². The molecule has 0 radical (unpaired) electrons. The zero-order valence-electron chi connectivity index (χ0n) is 23.3. The first-order valence-corrected chi connectivity index (χ1v) is 16.7. The molecule has 0 aromatic heterocycles. The van der Waals surface area contributed by atoms with Gasteiger partial charge in [0, 0.05) is 47.6 Å². The van der Waals surface area contributed by atoms with E-state index in [1.807, 2.05) is 6.92 Å². The van der Waals surface area contributed by atoms with E-state index in [4.69, 9.17) is 10.5 Å². The number of anilines is 3. The number of halogens is 1. The van der Waals surface area contributed by atoms with Crippen molar-refractivity contribution in [2.75, 3.05) is 36.1 Å². The monoisotopic (exact) mass is 568 g/mol. The molecule has 3 aliphatic heterocycles. The zero-order chi connectivity index (χ0) is 29.0. The summed E-state index contributed by atoms with van der Waals surface area (Å²) in [7, 11) is -1.78. The molecule has 0 saturated carbocycles. The van der Waals surface area contributed by atoms with Gasteiger partial charge in [-0.3, -0.25) is 14.4 Å². The smallest absolute Gasteiger partial charge is 0.264 e. The summed E-state index contributed by atoms with van der Waals surface area (Å²) in [5, 5.41) is 12.6. The number of carbonyl (C=O) groups excluding carboxylic acids is 3. The molecular weight excluding hydrogens is 531 g/mol. The second kappa shape index (κ2) is 10.3. The highest BCUT2D eigenvalue weighted by Crippen LogP contribution is 2.60. The number of ether oxygens (including phenoxy) is 1. The SMILES string of the molecule is C[C@@H]1[C@@H]([Si](C)(C)F)[C@H](CC(=O)N2CCC[C@H]2CO)O[C@@]12C(=O)N(C)c1ccc(NC(=O)c3ccc(N)cc3)cc12. The lowest BCUT2D eigenvalue weighted by Crippen LogP contribution is -2.44. The molecule has 40 heavy (non-hydrogen) atoms. The second-order valence-electron chi connectivity index (χ2n) is 11.7. The number of hydrogen-bond donors (Lipinski definition) is 3. The maximum Gasteiger partial charge on any atom is 0.264 e. The predicted octanol–water partition coefficient (Wildman–Crippen LogP) is 3.65. The predicted molar refractivity (Wildman–Crippen MR) is 153 cm³/mol. The minimum absolute atomic E-state index is 0.0620. The zero-order valence-corrected chi connectivity index (χ0v) is 24.3. The van der Waals surface area contributed by atoms with E-state index >= 15 is 4.11 Å². The quantitative estimate of drug-likeness (QED) is 0.278. The Bertz CT molecular complexity index is 1330. The third kappa shape index (κ3) is 4.59. The van der Waals surface area contributed by atoms with Crippen LogP contribution in [0.15, 0.2) is 42.5 Å². The Labute approximate surface area is 234 Å². The van der Waals surface area contributed by atoms with Crippen molar-refractivity contribution >= 4 is 43.2 Å². The highest BCUT2D eigenvalue weighted by molar-refractivity contribution is 6.72. The van der Waals surface area contributed by atoms with Crippen molar-refractivity contribution in [3.8, 4) is 0 Å². The molecule has 3 amide bonds. The van der Waals surface area contributed by atoms with Gasteiger partial charge in [-0.25, -0.2) is 0 Å². The van der Waals surface area contributed by atoms with Crippen LogP contribution in [0.5, 0.6) is 0 Å². The Hall–Kier alpha value is -3.28. The Morgan fingerprint density at radius 3 is 2.58 bits per heavy atom. The van der Waals surface area contributed by atoms with Crippen molar-refractivity contribution in [1.82, 2.24) is 4.90 Å². The molecule has 2 aromatic carbocycles. The van der Waals surface area contributed by atoms with Gasteiger partial charge in [0.2, 0.25) is 14.3 Å². The summed E-state index contributed by atoms with van der Waals surface area (Å²) in [5.74, 6) is -1.40. The standard InChI is InChI=1S/C29H37FN4O5Si/c1-17-26(40(3,4)30)24(15-25(36)34-13-5-6-21(34)16-35)39-29(17)22-14-20(11-12-23(22)33(2)28(29)38)32-27(37)18-7-9-19(31)10-8-18/h7-12,14,17,21,24,26,35H,5-6,13,15-16,31H2,1-4H3,(H,32,37)/t17-,21+,24+,26-,29+/m1/s1. The summed E-state index contributed by atoms with van der Waals surface area (Å²) in [6.45, 7) is 5.43. The number of nitrogen functional groups attached to an aromatic ring is 1. The number of likely N-dealkylation sites (N-methyl/N-ethyl adjacent to an activating group) is 1. The van der Waals surface area contributed by atoms with Crippen LogP contribution < -0.4 is 16.0 Å². The van der Waals surface area contributed by atoms with Crippen LogP contribution in [0.4, 0.5) is 21.2 Å². The van der Waals surface area contributed by atoms with Gasteiger partial charge in [0.25, 0.3) is 11.8 Å². The van der Waals surface area contributed by atoms with E-state index in [1.165, 1.54) is 4.90 Å². The largest absolute Gasteiger partial charge is 0.399 e. The minimum atomic E-state index is -3.43. The molecule has 0 unspecified atom stereocenters. The number of aliphatic hydroxyl groups is 1. The van der Waals surface area contributed by atoms with Gasteiger partial charge < -0.3 is 34.8 Å². The van der Waals surface area contributed by atoms with E-state index < -0.39 is 31.6 Å². The molecule has 0 bridgehead atoms. The average molecular weight is 569 g/mol. The topological polar surface area (TPSA) is 125 Å². The first kappa shape index (κ1) is 28.3. The van der Waals surface area contributed by atoms with E-state index in [0.717, 1.165) is 12.8 Å². The van der Waals surface area contributed by atoms with Crippen LogP contribution in [0.2, 0.25) is 18.6 Å². The Morgan fingerprint density at radius 2 is 1.93 bits per heavy atom. The van der Waals surface area contributed by atoms with Gasteiger partial charge in [0.1, 0.15) is 0 Å². The molecule has 3 aliphatic rings. The van der Waals surface area contributed by atoms with Crippen molar-refractivity contribution in [2.45, 2.75) is 62.6 Å². The lowest BCUT2D eigenvalue weighted by atomic mass is 9.82. The van der Waals surface area contributed by atoms with E-state index in [0.29, 0.717) is 34.7 Å². The average Bonchev–Trinajstić information content (AvgIpc) is 3.55. The van der Waals surface area contributed by atoms with Crippen LogP contribution in [0.1, 0.15) is 42.1 Å². The molecule has 5 atom stereocenters. The Balaban J connectivity index is 1.49. The lowest BCUT2D eigenvalue weighted by molar-refractivity contribution is -0.149.